The third-order valence-corrected chi connectivity index (χ3v) is 2.49. The van der Waals surface area contributed by atoms with Gasteiger partial charge in [0, 0.05) is 12.6 Å². The van der Waals surface area contributed by atoms with Crippen molar-refractivity contribution in [3.63, 3.8) is 0 Å². The minimum absolute atomic E-state index is 0.276. The molecule has 0 amide bonds. The number of alkyl halides is 3. The SMILES string of the molecule is FC(F)(F)c1ccc(NC2CCNC2)cn1. The van der Waals surface area contributed by atoms with Crippen molar-refractivity contribution in [2.24, 2.45) is 0 Å². The molecule has 1 aromatic heterocycles. The number of nitrogens with zero attached hydrogens (tertiary/aromatic N) is 1. The van der Waals surface area contributed by atoms with Gasteiger partial charge in [-0.3, -0.25) is 0 Å². The lowest BCUT2D eigenvalue weighted by Gasteiger charge is -2.13. The predicted molar refractivity (Wildman–Crippen MR) is 54.1 cm³/mol. The molecule has 88 valence electrons. The summed E-state index contributed by atoms with van der Waals surface area (Å²) < 4.78 is 36.7. The summed E-state index contributed by atoms with van der Waals surface area (Å²) in [6, 6.07) is 2.68. The monoisotopic (exact) mass is 231 g/mol. The first-order valence-corrected chi connectivity index (χ1v) is 5.06. The summed E-state index contributed by atoms with van der Waals surface area (Å²) in [6.45, 7) is 1.77. The Morgan fingerprint density at radius 1 is 1.38 bits per heavy atom. The zero-order valence-electron chi connectivity index (χ0n) is 8.51. The minimum atomic E-state index is -4.37. The van der Waals surface area contributed by atoms with Gasteiger partial charge in [0.1, 0.15) is 5.69 Å². The number of hydrogen-bond donors (Lipinski definition) is 2. The quantitative estimate of drug-likeness (QED) is 0.816. The van der Waals surface area contributed by atoms with E-state index in [1.54, 1.807) is 0 Å². The van der Waals surface area contributed by atoms with E-state index in [2.05, 4.69) is 15.6 Å². The van der Waals surface area contributed by atoms with Crippen molar-refractivity contribution in [1.82, 2.24) is 10.3 Å². The van der Waals surface area contributed by atoms with Crippen LogP contribution in [0.2, 0.25) is 0 Å². The Morgan fingerprint density at radius 3 is 2.69 bits per heavy atom. The lowest BCUT2D eigenvalue weighted by Crippen LogP contribution is -2.22. The summed E-state index contributed by atoms with van der Waals surface area (Å²) >= 11 is 0. The second-order valence-corrected chi connectivity index (χ2v) is 3.76. The van der Waals surface area contributed by atoms with E-state index in [-0.39, 0.29) is 6.04 Å². The maximum Gasteiger partial charge on any atom is 0.433 e. The topological polar surface area (TPSA) is 37.0 Å². The number of anilines is 1. The molecule has 0 saturated carbocycles. The van der Waals surface area contributed by atoms with Gasteiger partial charge in [-0.1, -0.05) is 0 Å². The van der Waals surface area contributed by atoms with Crippen LogP contribution in [0.5, 0.6) is 0 Å². The van der Waals surface area contributed by atoms with Crippen molar-refractivity contribution in [3.05, 3.63) is 24.0 Å². The highest BCUT2D eigenvalue weighted by molar-refractivity contribution is 5.42. The smallest absolute Gasteiger partial charge is 0.380 e. The van der Waals surface area contributed by atoms with E-state index in [4.69, 9.17) is 0 Å². The first kappa shape index (κ1) is 11.2. The maximum absolute atomic E-state index is 12.2. The number of halogens is 3. The molecule has 1 unspecified atom stereocenters. The van der Waals surface area contributed by atoms with Crippen LogP contribution in [0.1, 0.15) is 12.1 Å². The van der Waals surface area contributed by atoms with Gasteiger partial charge in [0.15, 0.2) is 0 Å². The zero-order chi connectivity index (χ0) is 11.6. The zero-order valence-corrected chi connectivity index (χ0v) is 8.51. The molecular formula is C10H12F3N3. The molecule has 0 bridgehead atoms. The van der Waals surface area contributed by atoms with Crippen LogP contribution in [0, 0.1) is 0 Å². The summed E-state index contributed by atoms with van der Waals surface area (Å²) in [7, 11) is 0. The normalized spacial score (nSPS) is 21.1. The number of nitrogens with one attached hydrogen (secondary N) is 2. The predicted octanol–water partition coefficient (Wildman–Crippen LogP) is 1.87. The van der Waals surface area contributed by atoms with Gasteiger partial charge in [0.2, 0.25) is 0 Å². The largest absolute Gasteiger partial charge is 0.433 e. The average molecular weight is 231 g/mol. The van der Waals surface area contributed by atoms with E-state index in [9.17, 15) is 13.2 Å². The summed E-state index contributed by atoms with van der Waals surface area (Å²) in [5, 5.41) is 6.29. The Bertz CT molecular complexity index is 341. The lowest BCUT2D eigenvalue weighted by atomic mass is 10.2. The van der Waals surface area contributed by atoms with Crippen molar-refractivity contribution in [1.29, 1.82) is 0 Å². The molecule has 1 aliphatic rings. The second-order valence-electron chi connectivity index (χ2n) is 3.76. The third kappa shape index (κ3) is 2.63. The summed E-state index contributed by atoms with van der Waals surface area (Å²) in [5.41, 5.74) is -0.232. The van der Waals surface area contributed by atoms with Gasteiger partial charge < -0.3 is 10.6 Å². The fourth-order valence-corrected chi connectivity index (χ4v) is 1.66. The fourth-order valence-electron chi connectivity index (χ4n) is 1.66. The van der Waals surface area contributed by atoms with Crippen LogP contribution in [0.3, 0.4) is 0 Å². The second kappa shape index (κ2) is 4.29. The maximum atomic E-state index is 12.2. The summed E-state index contributed by atoms with van der Waals surface area (Å²) in [4.78, 5) is 3.38. The molecule has 1 saturated heterocycles. The Balaban J connectivity index is 2.01. The van der Waals surface area contributed by atoms with Crippen LogP contribution in [0.4, 0.5) is 18.9 Å². The van der Waals surface area contributed by atoms with Gasteiger partial charge in [-0.25, -0.2) is 4.98 Å². The van der Waals surface area contributed by atoms with Gasteiger partial charge in [-0.2, -0.15) is 13.2 Å². The minimum Gasteiger partial charge on any atom is -0.380 e. The number of pyridine rings is 1. The molecule has 2 rings (SSSR count). The average Bonchev–Trinajstić information content (AvgIpc) is 2.70. The molecule has 6 heteroatoms. The molecule has 1 atom stereocenters. The van der Waals surface area contributed by atoms with Gasteiger partial charge >= 0.3 is 6.18 Å². The Kier molecular flexibility index (Phi) is 3.00. The van der Waals surface area contributed by atoms with E-state index in [0.717, 1.165) is 25.6 Å². The van der Waals surface area contributed by atoms with Crippen molar-refractivity contribution < 1.29 is 13.2 Å². The van der Waals surface area contributed by atoms with Crippen LogP contribution in [0.25, 0.3) is 0 Å². The lowest BCUT2D eigenvalue weighted by molar-refractivity contribution is -0.141. The van der Waals surface area contributed by atoms with E-state index in [0.29, 0.717) is 5.69 Å². The van der Waals surface area contributed by atoms with E-state index in [1.807, 2.05) is 0 Å². The summed E-state index contributed by atoms with van der Waals surface area (Å²) in [6.07, 6.45) is -2.17. The van der Waals surface area contributed by atoms with Crippen molar-refractivity contribution >= 4 is 5.69 Å². The molecule has 1 aromatic rings. The third-order valence-electron chi connectivity index (χ3n) is 2.49. The highest BCUT2D eigenvalue weighted by Crippen LogP contribution is 2.27. The van der Waals surface area contributed by atoms with E-state index < -0.39 is 11.9 Å². The Hall–Kier alpha value is -1.30. The van der Waals surface area contributed by atoms with E-state index in [1.165, 1.54) is 12.3 Å². The molecule has 0 spiro atoms. The Morgan fingerprint density at radius 2 is 2.19 bits per heavy atom. The molecule has 1 fully saturated rings. The molecule has 1 aliphatic heterocycles. The van der Waals surface area contributed by atoms with E-state index >= 15 is 0 Å². The molecule has 3 nitrogen and oxygen atoms in total. The van der Waals surface area contributed by atoms with Crippen molar-refractivity contribution in [3.8, 4) is 0 Å². The van der Waals surface area contributed by atoms with Crippen LogP contribution < -0.4 is 10.6 Å². The number of hydrogen-bond acceptors (Lipinski definition) is 3. The van der Waals surface area contributed by atoms with Gasteiger partial charge in [-0.15, -0.1) is 0 Å². The highest BCUT2D eigenvalue weighted by Gasteiger charge is 2.32. The van der Waals surface area contributed by atoms with Crippen LogP contribution in [-0.4, -0.2) is 24.1 Å². The van der Waals surface area contributed by atoms with Crippen molar-refractivity contribution in [2.45, 2.75) is 18.6 Å². The molecule has 2 heterocycles. The first-order chi connectivity index (χ1) is 7.55. The molecular weight excluding hydrogens is 219 g/mol. The molecule has 0 radical (unpaired) electrons. The van der Waals surface area contributed by atoms with Crippen LogP contribution >= 0.6 is 0 Å². The van der Waals surface area contributed by atoms with Crippen molar-refractivity contribution in [2.75, 3.05) is 18.4 Å². The highest BCUT2D eigenvalue weighted by atomic mass is 19.4. The van der Waals surface area contributed by atoms with Gasteiger partial charge in [0.25, 0.3) is 0 Å². The number of aromatic nitrogens is 1. The van der Waals surface area contributed by atoms with Crippen LogP contribution in [0.15, 0.2) is 18.3 Å². The van der Waals surface area contributed by atoms with Crippen LogP contribution in [-0.2, 0) is 6.18 Å². The molecule has 0 aromatic carbocycles. The standard InChI is InChI=1S/C10H12F3N3/c11-10(12,13)9-2-1-7(6-15-9)16-8-3-4-14-5-8/h1-2,6,8,14,16H,3-5H2. The Labute approximate surface area is 91.1 Å². The summed E-state index contributed by atoms with van der Waals surface area (Å²) in [5.74, 6) is 0. The fraction of sp³-hybridized carbons (Fsp3) is 0.500. The molecule has 0 aliphatic carbocycles. The molecule has 2 N–H and O–H groups in total. The number of rotatable bonds is 2. The van der Waals surface area contributed by atoms with Gasteiger partial charge in [0.05, 0.1) is 11.9 Å². The first-order valence-electron chi connectivity index (χ1n) is 5.06. The van der Waals surface area contributed by atoms with Gasteiger partial charge in [-0.05, 0) is 25.1 Å². The molecule has 16 heavy (non-hydrogen) atoms.